The number of carbonyl (C=O) groups excluding carboxylic acids is 2. The maximum atomic E-state index is 14.6. The number of hydrogen-bond donors (Lipinski definition) is 2. The molecule has 8 heteroatoms. The van der Waals surface area contributed by atoms with Crippen LogP contribution in [0.1, 0.15) is 32.6 Å². The number of halogens is 1. The lowest BCUT2D eigenvalue weighted by Crippen LogP contribution is -2.40. The minimum absolute atomic E-state index is 0.00641. The van der Waals surface area contributed by atoms with Gasteiger partial charge in [-0.3, -0.25) is 9.59 Å². The molecule has 0 unspecified atom stereocenters. The molecule has 1 aliphatic carbocycles. The van der Waals surface area contributed by atoms with Gasteiger partial charge in [0.1, 0.15) is 17.3 Å². The fraction of sp³-hybridized carbons (Fsp3) is 0.364. The van der Waals surface area contributed by atoms with Gasteiger partial charge in [-0.25, -0.2) is 14.4 Å². The van der Waals surface area contributed by atoms with Crippen molar-refractivity contribution in [1.29, 1.82) is 0 Å². The summed E-state index contributed by atoms with van der Waals surface area (Å²) in [6.07, 6.45) is 7.73. The van der Waals surface area contributed by atoms with Crippen LogP contribution in [0.15, 0.2) is 36.8 Å². The van der Waals surface area contributed by atoms with Crippen LogP contribution >= 0.6 is 0 Å². The van der Waals surface area contributed by atoms with E-state index in [0.717, 1.165) is 36.5 Å². The number of aryl methyl sites for hydroxylation is 1. The molecule has 0 spiro atoms. The number of nitrogens with one attached hydrogen (secondary N) is 2. The summed E-state index contributed by atoms with van der Waals surface area (Å²) in [7, 11) is 1.88. The molecule has 2 N–H and O–H groups in total. The zero-order valence-corrected chi connectivity index (χ0v) is 17.0. The van der Waals surface area contributed by atoms with E-state index in [1.165, 1.54) is 6.92 Å². The number of hydrogen-bond acceptors (Lipinski definition) is 4. The molecule has 1 saturated carbocycles. The molecule has 1 fully saturated rings. The quantitative estimate of drug-likeness (QED) is 0.691. The highest BCUT2D eigenvalue weighted by atomic mass is 19.1. The van der Waals surface area contributed by atoms with Gasteiger partial charge in [-0.1, -0.05) is 6.42 Å². The zero-order chi connectivity index (χ0) is 21.3. The van der Waals surface area contributed by atoms with E-state index >= 15 is 0 Å². The summed E-state index contributed by atoms with van der Waals surface area (Å²) in [5.41, 5.74) is 1.80. The molecule has 2 atom stereocenters. The summed E-state index contributed by atoms with van der Waals surface area (Å²) in [4.78, 5) is 32.5. The normalized spacial score (nSPS) is 18.9. The van der Waals surface area contributed by atoms with Crippen molar-refractivity contribution < 1.29 is 14.0 Å². The molecule has 0 bridgehead atoms. The Kier molecular flexibility index (Phi) is 5.48. The van der Waals surface area contributed by atoms with E-state index in [1.54, 1.807) is 18.3 Å². The Hall–Kier alpha value is -3.29. The van der Waals surface area contributed by atoms with Gasteiger partial charge >= 0.3 is 0 Å². The highest BCUT2D eigenvalue weighted by Gasteiger charge is 2.28. The van der Waals surface area contributed by atoms with Crippen LogP contribution in [0, 0.1) is 11.7 Å². The molecule has 2 amide bonds. The Bertz CT molecular complexity index is 1110. The number of nitrogens with zero attached hydrogens (tertiary/aromatic N) is 3. The van der Waals surface area contributed by atoms with Crippen molar-refractivity contribution in [3.05, 3.63) is 42.6 Å². The second-order valence-electron chi connectivity index (χ2n) is 7.82. The van der Waals surface area contributed by atoms with Gasteiger partial charge in [0.25, 0.3) is 0 Å². The van der Waals surface area contributed by atoms with Crippen molar-refractivity contribution in [3.8, 4) is 11.1 Å². The molecular formula is C22H24FN5O2. The Balaban J connectivity index is 1.56. The lowest BCUT2D eigenvalue weighted by atomic mass is 9.85. The summed E-state index contributed by atoms with van der Waals surface area (Å²) in [6.45, 7) is 1.48. The first kappa shape index (κ1) is 20.0. The van der Waals surface area contributed by atoms with Gasteiger partial charge in [0.15, 0.2) is 0 Å². The van der Waals surface area contributed by atoms with E-state index in [4.69, 9.17) is 0 Å². The number of carbonyl (C=O) groups is 2. The molecular weight excluding hydrogens is 385 g/mol. The lowest BCUT2D eigenvalue weighted by Gasteiger charge is -2.28. The topological polar surface area (TPSA) is 88.9 Å². The predicted molar refractivity (Wildman–Crippen MR) is 112 cm³/mol. The van der Waals surface area contributed by atoms with Crippen LogP contribution < -0.4 is 10.6 Å². The minimum atomic E-state index is -0.465. The van der Waals surface area contributed by atoms with Gasteiger partial charge in [-0.2, -0.15) is 0 Å². The van der Waals surface area contributed by atoms with Crippen LogP contribution in [0.3, 0.4) is 0 Å². The maximum absolute atomic E-state index is 14.6. The standard InChI is InChI=1S/C22H24FN5O2/c1-13(29)26-15-5-3-4-14(10-15)22(30)27-20-11-18(19(23)12-25-20)16-6-8-24-21-17(16)7-9-28(21)2/h6-9,11-12,14-15H,3-5,10H2,1-2H3,(H,26,29)(H,25,27,30)/t14-,15+/m0/s1. The number of rotatable bonds is 4. The number of fused-ring (bicyclic) bond motifs is 1. The van der Waals surface area contributed by atoms with Crippen molar-refractivity contribution in [2.24, 2.45) is 13.0 Å². The molecule has 156 valence electrons. The zero-order valence-electron chi connectivity index (χ0n) is 17.0. The fourth-order valence-electron chi connectivity index (χ4n) is 4.19. The smallest absolute Gasteiger partial charge is 0.228 e. The molecule has 0 aliphatic heterocycles. The Morgan fingerprint density at radius 3 is 2.83 bits per heavy atom. The molecule has 0 saturated heterocycles. The second-order valence-corrected chi connectivity index (χ2v) is 7.82. The number of amides is 2. The molecule has 0 aromatic carbocycles. The molecule has 1 aliphatic rings. The van der Waals surface area contributed by atoms with E-state index in [2.05, 4.69) is 20.6 Å². The monoisotopic (exact) mass is 409 g/mol. The third-order valence-electron chi connectivity index (χ3n) is 5.62. The maximum Gasteiger partial charge on any atom is 0.228 e. The lowest BCUT2D eigenvalue weighted by molar-refractivity contribution is -0.123. The summed E-state index contributed by atoms with van der Waals surface area (Å²) in [5, 5.41) is 6.55. The van der Waals surface area contributed by atoms with Crippen LogP contribution in [0.25, 0.3) is 22.2 Å². The SMILES string of the molecule is CC(=O)N[C@@H]1CCC[C@H](C(=O)Nc2cc(-c3ccnc4c3ccn4C)c(F)cn2)C1. The summed E-state index contributed by atoms with van der Waals surface area (Å²) in [5.74, 6) is -0.621. The summed E-state index contributed by atoms with van der Waals surface area (Å²) >= 11 is 0. The third-order valence-corrected chi connectivity index (χ3v) is 5.62. The first-order valence-corrected chi connectivity index (χ1v) is 10.1. The molecule has 3 aromatic heterocycles. The van der Waals surface area contributed by atoms with Gasteiger partial charge in [-0.15, -0.1) is 0 Å². The number of anilines is 1. The first-order valence-electron chi connectivity index (χ1n) is 10.1. The molecule has 4 rings (SSSR count). The van der Waals surface area contributed by atoms with Gasteiger partial charge < -0.3 is 15.2 Å². The molecule has 3 heterocycles. The average molecular weight is 409 g/mol. The molecule has 3 aromatic rings. The van der Waals surface area contributed by atoms with Crippen molar-refractivity contribution >= 4 is 28.7 Å². The van der Waals surface area contributed by atoms with Crippen LogP contribution in [0.2, 0.25) is 0 Å². The van der Waals surface area contributed by atoms with Crippen molar-refractivity contribution in [3.63, 3.8) is 0 Å². The van der Waals surface area contributed by atoms with E-state index < -0.39 is 5.82 Å². The van der Waals surface area contributed by atoms with E-state index in [9.17, 15) is 14.0 Å². The van der Waals surface area contributed by atoms with Crippen LogP contribution in [0.5, 0.6) is 0 Å². The largest absolute Gasteiger partial charge is 0.354 e. The highest BCUT2D eigenvalue weighted by molar-refractivity contribution is 5.95. The van der Waals surface area contributed by atoms with Gasteiger partial charge in [0.05, 0.1) is 6.20 Å². The highest BCUT2D eigenvalue weighted by Crippen LogP contribution is 2.31. The fourth-order valence-corrected chi connectivity index (χ4v) is 4.19. The first-order chi connectivity index (χ1) is 14.4. The molecule has 30 heavy (non-hydrogen) atoms. The van der Waals surface area contributed by atoms with Crippen molar-refractivity contribution in [2.75, 3.05) is 5.32 Å². The number of pyridine rings is 2. The Morgan fingerprint density at radius 1 is 1.20 bits per heavy atom. The van der Waals surface area contributed by atoms with Crippen LogP contribution in [-0.4, -0.2) is 32.4 Å². The van der Waals surface area contributed by atoms with Crippen LogP contribution in [-0.2, 0) is 16.6 Å². The third kappa shape index (κ3) is 4.03. The van der Waals surface area contributed by atoms with Gasteiger partial charge in [0.2, 0.25) is 11.8 Å². The Morgan fingerprint density at radius 2 is 2.03 bits per heavy atom. The van der Waals surface area contributed by atoms with Crippen molar-refractivity contribution in [2.45, 2.75) is 38.6 Å². The number of aromatic nitrogens is 3. The average Bonchev–Trinajstić information content (AvgIpc) is 3.10. The van der Waals surface area contributed by atoms with Gasteiger partial charge in [-0.05, 0) is 43.0 Å². The Labute approximate surface area is 173 Å². The minimum Gasteiger partial charge on any atom is -0.354 e. The predicted octanol–water partition coefficient (Wildman–Crippen LogP) is 3.41. The van der Waals surface area contributed by atoms with Gasteiger partial charge in [0, 0.05) is 49.3 Å². The van der Waals surface area contributed by atoms with E-state index in [0.29, 0.717) is 23.4 Å². The molecule has 7 nitrogen and oxygen atoms in total. The second kappa shape index (κ2) is 8.22. The van der Waals surface area contributed by atoms with E-state index in [-0.39, 0.29) is 23.8 Å². The molecule has 0 radical (unpaired) electrons. The summed E-state index contributed by atoms with van der Waals surface area (Å²) < 4.78 is 16.5. The van der Waals surface area contributed by atoms with Crippen LogP contribution in [0.4, 0.5) is 10.2 Å². The van der Waals surface area contributed by atoms with E-state index in [1.807, 2.05) is 23.9 Å². The van der Waals surface area contributed by atoms with Crippen molar-refractivity contribution in [1.82, 2.24) is 19.9 Å². The summed E-state index contributed by atoms with van der Waals surface area (Å²) in [6, 6.07) is 5.21.